The molecule has 0 bridgehead atoms. The maximum atomic E-state index is 11.3. The molecule has 0 spiro atoms. The summed E-state index contributed by atoms with van der Waals surface area (Å²) in [6.45, 7) is 6.14. The lowest BCUT2D eigenvalue weighted by Gasteiger charge is -2.30. The number of carboxylic acids is 1. The van der Waals surface area contributed by atoms with Gasteiger partial charge in [-0.3, -0.25) is 4.79 Å². The Balaban J connectivity index is 4.42. The number of aliphatic carboxylic acids is 1. The molecule has 0 saturated carbocycles. The molecule has 2 atom stereocenters. The second-order valence-corrected chi connectivity index (χ2v) is 5.53. The Labute approximate surface area is 111 Å². The quantitative estimate of drug-likeness (QED) is 0.452. The third-order valence-corrected chi connectivity index (χ3v) is 4.30. The van der Waals surface area contributed by atoms with Crippen LogP contribution in [0.2, 0.25) is 0 Å². The van der Waals surface area contributed by atoms with Crippen LogP contribution in [-0.2, 0) is 4.79 Å². The number of alkyl halides is 1. The van der Waals surface area contributed by atoms with Gasteiger partial charge in [0.2, 0.25) is 0 Å². The van der Waals surface area contributed by atoms with Gasteiger partial charge in [0.1, 0.15) is 4.87 Å². The van der Waals surface area contributed by atoms with E-state index in [0.717, 1.165) is 25.7 Å². The van der Waals surface area contributed by atoms with Gasteiger partial charge in [-0.2, -0.15) is 0 Å². The fourth-order valence-electron chi connectivity index (χ4n) is 2.38. The highest BCUT2D eigenvalue weighted by Crippen LogP contribution is 2.36. The van der Waals surface area contributed by atoms with Crippen molar-refractivity contribution in [1.82, 2.24) is 0 Å². The van der Waals surface area contributed by atoms with Crippen molar-refractivity contribution >= 4 is 17.6 Å². The lowest BCUT2D eigenvalue weighted by molar-refractivity contribution is -0.142. The van der Waals surface area contributed by atoms with Crippen molar-refractivity contribution in [1.29, 1.82) is 0 Å². The van der Waals surface area contributed by atoms with Crippen molar-refractivity contribution in [3.8, 4) is 0 Å². The highest BCUT2D eigenvalue weighted by atomic mass is 35.5. The Morgan fingerprint density at radius 3 is 2.18 bits per heavy atom. The summed E-state index contributed by atoms with van der Waals surface area (Å²) in [5, 5.41) is 9.30. The second-order valence-electron chi connectivity index (χ2n) is 4.86. The predicted molar refractivity (Wildman–Crippen MR) is 73.7 cm³/mol. The fraction of sp³-hybridized carbons (Fsp3) is 0.929. The molecule has 0 aliphatic heterocycles. The number of hydrogen-bond donors (Lipinski definition) is 1. The van der Waals surface area contributed by atoms with Gasteiger partial charge in [-0.1, -0.05) is 52.9 Å². The first-order chi connectivity index (χ1) is 8.02. The molecule has 1 N–H and O–H groups in total. The molecule has 0 rings (SSSR count). The first kappa shape index (κ1) is 16.8. The van der Waals surface area contributed by atoms with Crippen LogP contribution in [0.25, 0.3) is 0 Å². The SMILES string of the molecule is CCCCCCC(CCC)C(Cl)(CC)C(=O)O. The molecular weight excluding hydrogens is 236 g/mol. The van der Waals surface area contributed by atoms with Crippen LogP contribution in [0.15, 0.2) is 0 Å². The molecule has 0 aliphatic carbocycles. The monoisotopic (exact) mass is 262 g/mol. The molecule has 102 valence electrons. The first-order valence-corrected chi connectivity index (χ1v) is 7.32. The predicted octanol–water partition coefficient (Wildman–Crippen LogP) is 4.85. The van der Waals surface area contributed by atoms with Gasteiger partial charge in [0, 0.05) is 0 Å². The van der Waals surface area contributed by atoms with Gasteiger partial charge in [-0.25, -0.2) is 0 Å². The minimum atomic E-state index is -1.05. The number of rotatable bonds is 10. The van der Waals surface area contributed by atoms with Gasteiger partial charge in [-0.05, 0) is 25.2 Å². The number of carboxylic acid groups (broad SMARTS) is 1. The number of unbranched alkanes of at least 4 members (excludes halogenated alkanes) is 3. The minimum Gasteiger partial charge on any atom is -0.480 e. The third-order valence-electron chi connectivity index (χ3n) is 3.56. The van der Waals surface area contributed by atoms with E-state index in [9.17, 15) is 9.90 Å². The molecule has 0 aliphatic rings. The Hall–Kier alpha value is -0.240. The zero-order valence-corrected chi connectivity index (χ0v) is 12.2. The molecular formula is C14H27ClO2. The lowest BCUT2D eigenvalue weighted by Crippen LogP contribution is -2.40. The van der Waals surface area contributed by atoms with Gasteiger partial charge in [0.05, 0.1) is 0 Å². The van der Waals surface area contributed by atoms with Crippen molar-refractivity contribution in [2.75, 3.05) is 0 Å². The van der Waals surface area contributed by atoms with E-state index in [0.29, 0.717) is 6.42 Å². The van der Waals surface area contributed by atoms with E-state index in [1.807, 2.05) is 6.92 Å². The Kier molecular flexibility index (Phi) is 8.67. The number of carbonyl (C=O) groups is 1. The van der Waals surface area contributed by atoms with Crippen LogP contribution in [0.4, 0.5) is 0 Å². The van der Waals surface area contributed by atoms with Crippen molar-refractivity contribution in [2.45, 2.75) is 77.0 Å². The van der Waals surface area contributed by atoms with Gasteiger partial charge in [-0.15, -0.1) is 11.6 Å². The second kappa shape index (κ2) is 8.79. The summed E-state index contributed by atoms with van der Waals surface area (Å²) in [7, 11) is 0. The Morgan fingerprint density at radius 2 is 1.76 bits per heavy atom. The highest BCUT2D eigenvalue weighted by molar-refractivity contribution is 6.33. The van der Waals surface area contributed by atoms with E-state index < -0.39 is 10.8 Å². The molecule has 0 aromatic rings. The summed E-state index contributed by atoms with van der Waals surface area (Å²) >= 11 is 6.32. The van der Waals surface area contributed by atoms with Crippen LogP contribution in [0, 0.1) is 5.92 Å². The largest absolute Gasteiger partial charge is 0.480 e. The molecule has 0 aromatic heterocycles. The molecule has 17 heavy (non-hydrogen) atoms. The summed E-state index contributed by atoms with van der Waals surface area (Å²) in [5.74, 6) is -0.746. The number of halogens is 1. The van der Waals surface area contributed by atoms with Crippen LogP contribution >= 0.6 is 11.6 Å². The van der Waals surface area contributed by atoms with Crippen LogP contribution in [-0.4, -0.2) is 16.0 Å². The standard InChI is InChI=1S/C14H27ClO2/c1-4-7-8-9-11-12(10-5-2)14(15,6-3)13(16)17/h12H,4-11H2,1-3H3,(H,16,17). The van der Waals surface area contributed by atoms with Gasteiger partial charge < -0.3 is 5.11 Å². The zero-order chi connectivity index (χ0) is 13.3. The molecule has 0 aromatic carbocycles. The smallest absolute Gasteiger partial charge is 0.325 e. The average molecular weight is 263 g/mol. The fourth-order valence-corrected chi connectivity index (χ4v) is 2.60. The molecule has 3 heteroatoms. The average Bonchev–Trinajstić information content (AvgIpc) is 2.31. The van der Waals surface area contributed by atoms with Crippen LogP contribution in [0.3, 0.4) is 0 Å². The lowest BCUT2D eigenvalue weighted by atomic mass is 9.82. The normalized spacial score (nSPS) is 16.5. The highest BCUT2D eigenvalue weighted by Gasteiger charge is 2.41. The van der Waals surface area contributed by atoms with E-state index in [4.69, 9.17) is 11.6 Å². The summed E-state index contributed by atoms with van der Waals surface area (Å²) < 4.78 is 0. The topological polar surface area (TPSA) is 37.3 Å². The van der Waals surface area contributed by atoms with Gasteiger partial charge >= 0.3 is 5.97 Å². The minimum absolute atomic E-state index is 0.105. The van der Waals surface area contributed by atoms with E-state index in [2.05, 4.69) is 13.8 Å². The van der Waals surface area contributed by atoms with Crippen molar-refractivity contribution in [3.63, 3.8) is 0 Å². The maximum absolute atomic E-state index is 11.3. The van der Waals surface area contributed by atoms with Gasteiger partial charge in [0.25, 0.3) is 0 Å². The Morgan fingerprint density at radius 1 is 1.12 bits per heavy atom. The van der Waals surface area contributed by atoms with Crippen LogP contribution in [0.5, 0.6) is 0 Å². The Bertz CT molecular complexity index is 218. The summed E-state index contributed by atoms with van der Waals surface area (Å²) in [5.41, 5.74) is 0. The third kappa shape index (κ3) is 5.29. The van der Waals surface area contributed by atoms with Crippen molar-refractivity contribution in [3.05, 3.63) is 0 Å². The summed E-state index contributed by atoms with van der Waals surface area (Å²) in [6, 6.07) is 0. The molecule has 2 unspecified atom stereocenters. The summed E-state index contributed by atoms with van der Waals surface area (Å²) in [4.78, 5) is 10.3. The van der Waals surface area contributed by atoms with Crippen molar-refractivity contribution < 1.29 is 9.90 Å². The van der Waals surface area contributed by atoms with Crippen molar-refractivity contribution in [2.24, 2.45) is 5.92 Å². The van der Waals surface area contributed by atoms with Crippen LogP contribution < -0.4 is 0 Å². The summed E-state index contributed by atoms with van der Waals surface area (Å²) in [6.07, 6.45) is 8.08. The molecule has 0 amide bonds. The molecule has 2 nitrogen and oxygen atoms in total. The first-order valence-electron chi connectivity index (χ1n) is 6.95. The van der Waals surface area contributed by atoms with E-state index in [1.54, 1.807) is 0 Å². The molecule has 0 fully saturated rings. The molecule has 0 heterocycles. The number of hydrogen-bond acceptors (Lipinski definition) is 1. The van der Waals surface area contributed by atoms with E-state index >= 15 is 0 Å². The molecule has 0 radical (unpaired) electrons. The maximum Gasteiger partial charge on any atom is 0.325 e. The zero-order valence-electron chi connectivity index (χ0n) is 11.5. The van der Waals surface area contributed by atoms with E-state index in [-0.39, 0.29) is 5.92 Å². The molecule has 0 saturated heterocycles. The van der Waals surface area contributed by atoms with E-state index in [1.165, 1.54) is 19.3 Å². The van der Waals surface area contributed by atoms with Crippen LogP contribution in [0.1, 0.15) is 72.1 Å². The van der Waals surface area contributed by atoms with Gasteiger partial charge in [0.15, 0.2) is 0 Å².